The minimum absolute atomic E-state index is 0.0517. The van der Waals surface area contributed by atoms with Crippen molar-refractivity contribution in [3.05, 3.63) is 63.6 Å². The third-order valence-electron chi connectivity index (χ3n) is 2.90. The Morgan fingerprint density at radius 3 is 2.62 bits per heavy atom. The van der Waals surface area contributed by atoms with Gasteiger partial charge in [0.2, 0.25) is 5.91 Å². The minimum atomic E-state index is -0.0517. The van der Waals surface area contributed by atoms with Crippen LogP contribution in [0.25, 0.3) is 0 Å². The topological polar surface area (TPSA) is 41.1 Å². The maximum absolute atomic E-state index is 11.8. The first-order chi connectivity index (χ1) is 10.1. The van der Waals surface area contributed by atoms with E-state index in [0.717, 1.165) is 28.1 Å². The third kappa shape index (κ3) is 5.87. The van der Waals surface area contributed by atoms with E-state index in [1.54, 1.807) is 0 Å². The summed E-state index contributed by atoms with van der Waals surface area (Å²) >= 11 is 9.20. The number of halogens is 2. The van der Waals surface area contributed by atoms with Gasteiger partial charge in [0, 0.05) is 15.2 Å². The zero-order valence-corrected chi connectivity index (χ0v) is 13.7. The maximum Gasteiger partial charge on any atom is 0.238 e. The number of carbonyl (C=O) groups is 1. The summed E-state index contributed by atoms with van der Waals surface area (Å²) in [5.41, 5.74) is 1.98. The number of benzene rings is 2. The van der Waals surface area contributed by atoms with Crippen molar-refractivity contribution in [3.63, 3.8) is 0 Å². The number of anilines is 1. The van der Waals surface area contributed by atoms with Gasteiger partial charge in [0.15, 0.2) is 0 Å². The quantitative estimate of drug-likeness (QED) is 0.761. The van der Waals surface area contributed by atoms with Gasteiger partial charge >= 0.3 is 0 Å². The predicted molar refractivity (Wildman–Crippen MR) is 90.8 cm³/mol. The molecular weight excluding hydrogens is 352 g/mol. The van der Waals surface area contributed by atoms with E-state index < -0.39 is 0 Å². The molecule has 0 fully saturated rings. The fourth-order valence-corrected chi connectivity index (χ4v) is 2.38. The highest BCUT2D eigenvalue weighted by Gasteiger charge is 2.02. The second-order valence-electron chi connectivity index (χ2n) is 4.61. The fraction of sp³-hybridized carbons (Fsp3) is 0.188. The zero-order valence-electron chi connectivity index (χ0n) is 11.4. The lowest BCUT2D eigenvalue weighted by Crippen LogP contribution is -2.29. The molecule has 5 heteroatoms. The van der Waals surface area contributed by atoms with Crippen molar-refractivity contribution >= 4 is 39.1 Å². The lowest BCUT2D eigenvalue weighted by Gasteiger charge is -2.07. The first kappa shape index (κ1) is 16.0. The summed E-state index contributed by atoms with van der Waals surface area (Å²) in [6.45, 7) is 1.04. The molecule has 0 spiro atoms. The van der Waals surface area contributed by atoms with E-state index in [2.05, 4.69) is 26.6 Å². The molecule has 0 bridgehead atoms. The number of nitrogens with one attached hydrogen (secondary N) is 2. The van der Waals surface area contributed by atoms with Gasteiger partial charge in [-0.2, -0.15) is 0 Å². The summed E-state index contributed by atoms with van der Waals surface area (Å²) in [6.07, 6.45) is 0.862. The molecule has 0 saturated carbocycles. The van der Waals surface area contributed by atoms with Gasteiger partial charge in [-0.15, -0.1) is 0 Å². The lowest BCUT2D eigenvalue weighted by molar-refractivity contribution is -0.115. The molecule has 0 aromatic heterocycles. The highest BCUT2D eigenvalue weighted by Crippen LogP contribution is 2.15. The molecule has 0 radical (unpaired) electrons. The van der Waals surface area contributed by atoms with Gasteiger partial charge in [-0.25, -0.2) is 0 Å². The van der Waals surface area contributed by atoms with Crippen molar-refractivity contribution in [2.24, 2.45) is 0 Å². The summed E-state index contributed by atoms with van der Waals surface area (Å²) in [5.74, 6) is -0.0517. The average molecular weight is 368 g/mol. The van der Waals surface area contributed by atoms with E-state index in [9.17, 15) is 4.79 Å². The summed E-state index contributed by atoms with van der Waals surface area (Å²) in [5, 5.41) is 6.70. The van der Waals surface area contributed by atoms with Crippen LogP contribution in [0.15, 0.2) is 53.0 Å². The first-order valence-electron chi connectivity index (χ1n) is 6.64. The third-order valence-corrected chi connectivity index (χ3v) is 3.64. The SMILES string of the molecule is O=C(CNCCc1ccc(Cl)cc1)Nc1cccc(Br)c1. The average Bonchev–Trinajstić information content (AvgIpc) is 2.45. The van der Waals surface area contributed by atoms with Crippen molar-refractivity contribution in [1.29, 1.82) is 0 Å². The molecule has 0 aliphatic rings. The molecule has 2 N–H and O–H groups in total. The molecule has 3 nitrogen and oxygen atoms in total. The van der Waals surface area contributed by atoms with Gasteiger partial charge in [-0.3, -0.25) is 4.79 Å². The Morgan fingerprint density at radius 1 is 1.14 bits per heavy atom. The van der Waals surface area contributed by atoms with Gasteiger partial charge in [0.1, 0.15) is 0 Å². The van der Waals surface area contributed by atoms with E-state index in [1.165, 1.54) is 5.56 Å². The molecule has 0 aliphatic carbocycles. The first-order valence-corrected chi connectivity index (χ1v) is 7.81. The van der Waals surface area contributed by atoms with Crippen LogP contribution in [0.2, 0.25) is 5.02 Å². The van der Waals surface area contributed by atoms with Gasteiger partial charge < -0.3 is 10.6 Å². The van der Waals surface area contributed by atoms with Crippen LogP contribution < -0.4 is 10.6 Å². The molecule has 2 aromatic rings. The summed E-state index contributed by atoms with van der Waals surface area (Å²) in [4.78, 5) is 11.8. The Kier molecular flexibility index (Phi) is 6.23. The van der Waals surface area contributed by atoms with E-state index in [-0.39, 0.29) is 5.91 Å². The van der Waals surface area contributed by atoms with Crippen molar-refractivity contribution in [2.75, 3.05) is 18.4 Å². The van der Waals surface area contributed by atoms with Crippen LogP contribution in [-0.4, -0.2) is 19.0 Å². The highest BCUT2D eigenvalue weighted by molar-refractivity contribution is 9.10. The van der Waals surface area contributed by atoms with Gasteiger partial charge in [0.05, 0.1) is 6.54 Å². The second-order valence-corrected chi connectivity index (χ2v) is 5.96. The number of carbonyl (C=O) groups excluding carboxylic acids is 1. The second kappa shape index (κ2) is 8.17. The fourth-order valence-electron chi connectivity index (χ4n) is 1.86. The van der Waals surface area contributed by atoms with Crippen molar-refractivity contribution < 1.29 is 4.79 Å². The Balaban J connectivity index is 1.68. The van der Waals surface area contributed by atoms with Gasteiger partial charge in [-0.1, -0.05) is 45.7 Å². The maximum atomic E-state index is 11.8. The largest absolute Gasteiger partial charge is 0.325 e. The van der Waals surface area contributed by atoms with Crippen LogP contribution in [-0.2, 0) is 11.2 Å². The zero-order chi connectivity index (χ0) is 15.1. The molecule has 0 heterocycles. The molecule has 0 atom stereocenters. The molecule has 2 aromatic carbocycles. The van der Waals surface area contributed by atoms with Crippen LogP contribution in [0.4, 0.5) is 5.69 Å². The van der Waals surface area contributed by atoms with E-state index in [4.69, 9.17) is 11.6 Å². The van der Waals surface area contributed by atoms with Crippen LogP contribution in [0.1, 0.15) is 5.56 Å². The Bertz CT molecular complexity index is 601. The van der Waals surface area contributed by atoms with E-state index in [1.807, 2.05) is 48.5 Å². The Labute approximate surface area is 137 Å². The predicted octanol–water partition coefficient (Wildman–Crippen LogP) is 3.87. The molecule has 0 aliphatic heterocycles. The monoisotopic (exact) mass is 366 g/mol. The number of rotatable bonds is 6. The molecule has 2 rings (SSSR count). The number of hydrogen-bond acceptors (Lipinski definition) is 2. The lowest BCUT2D eigenvalue weighted by atomic mass is 10.1. The van der Waals surface area contributed by atoms with E-state index in [0.29, 0.717) is 6.54 Å². The van der Waals surface area contributed by atoms with Crippen molar-refractivity contribution in [2.45, 2.75) is 6.42 Å². The van der Waals surface area contributed by atoms with Crippen molar-refractivity contribution in [3.8, 4) is 0 Å². The van der Waals surface area contributed by atoms with E-state index >= 15 is 0 Å². The van der Waals surface area contributed by atoms with Crippen LogP contribution in [0, 0.1) is 0 Å². The molecule has 21 heavy (non-hydrogen) atoms. The Hall–Kier alpha value is -1.36. The summed E-state index contributed by atoms with van der Waals surface area (Å²) in [7, 11) is 0. The molecule has 110 valence electrons. The van der Waals surface area contributed by atoms with Crippen molar-refractivity contribution in [1.82, 2.24) is 5.32 Å². The summed E-state index contributed by atoms with van der Waals surface area (Å²) in [6, 6.07) is 15.3. The summed E-state index contributed by atoms with van der Waals surface area (Å²) < 4.78 is 0.941. The standard InChI is InChI=1S/C16H16BrClN2O/c17-13-2-1-3-15(10-13)20-16(21)11-19-9-8-12-4-6-14(18)7-5-12/h1-7,10,19H,8-9,11H2,(H,20,21). The molecule has 0 saturated heterocycles. The van der Waals surface area contributed by atoms with Gasteiger partial charge in [-0.05, 0) is 48.9 Å². The Morgan fingerprint density at radius 2 is 1.90 bits per heavy atom. The number of amides is 1. The highest BCUT2D eigenvalue weighted by atomic mass is 79.9. The molecule has 1 amide bonds. The van der Waals surface area contributed by atoms with Crippen LogP contribution >= 0.6 is 27.5 Å². The number of hydrogen-bond donors (Lipinski definition) is 2. The van der Waals surface area contributed by atoms with Crippen LogP contribution in [0.5, 0.6) is 0 Å². The normalized spacial score (nSPS) is 10.4. The minimum Gasteiger partial charge on any atom is -0.325 e. The smallest absolute Gasteiger partial charge is 0.238 e. The molecule has 0 unspecified atom stereocenters. The molecular formula is C16H16BrClN2O. The van der Waals surface area contributed by atoms with Crippen LogP contribution in [0.3, 0.4) is 0 Å². The van der Waals surface area contributed by atoms with Gasteiger partial charge in [0.25, 0.3) is 0 Å².